The van der Waals surface area contributed by atoms with Crippen LogP contribution < -0.4 is 0 Å². The Kier molecular flexibility index (Phi) is 6.15. The lowest BCUT2D eigenvalue weighted by Crippen LogP contribution is -2.08. The topological polar surface area (TPSA) is 109 Å². The van der Waals surface area contributed by atoms with Crippen LogP contribution in [0.3, 0.4) is 0 Å². The Morgan fingerprint density at radius 2 is 1.88 bits per heavy atom. The van der Waals surface area contributed by atoms with Gasteiger partial charge in [-0.1, -0.05) is 18.2 Å². The summed E-state index contributed by atoms with van der Waals surface area (Å²) in [5, 5.41) is 10.9. The largest absolute Gasteiger partial charge is 0.465 e. The third-order valence-corrected chi connectivity index (χ3v) is 3.38. The van der Waals surface area contributed by atoms with Crippen molar-refractivity contribution in [3.63, 3.8) is 0 Å². The van der Waals surface area contributed by atoms with E-state index in [0.29, 0.717) is 5.56 Å². The van der Waals surface area contributed by atoms with E-state index in [-0.39, 0.29) is 23.6 Å². The number of carbonyl (C=O) groups is 2. The Morgan fingerprint density at radius 3 is 2.46 bits per heavy atom. The summed E-state index contributed by atoms with van der Waals surface area (Å²) in [7, 11) is 1.30. The minimum Gasteiger partial charge on any atom is -0.465 e. The molecule has 1 aromatic carbocycles. The highest BCUT2D eigenvalue weighted by Crippen LogP contribution is 2.19. The molecule has 0 atom stereocenters. The van der Waals surface area contributed by atoms with Crippen LogP contribution in [0.1, 0.15) is 38.9 Å². The van der Waals surface area contributed by atoms with Gasteiger partial charge in [-0.05, 0) is 30.7 Å². The fourth-order valence-corrected chi connectivity index (χ4v) is 2.09. The molecule has 0 aliphatic heterocycles. The number of rotatable bonds is 6. The van der Waals surface area contributed by atoms with Gasteiger partial charge in [0, 0.05) is 6.07 Å². The van der Waals surface area contributed by atoms with Crippen LogP contribution in [0.2, 0.25) is 0 Å². The number of benzene rings is 1. The first-order chi connectivity index (χ1) is 12.5. The van der Waals surface area contributed by atoms with Crippen LogP contribution in [-0.4, -0.2) is 35.6 Å². The summed E-state index contributed by atoms with van der Waals surface area (Å²) in [5.74, 6) is -1.13. The number of carbonyl (C=O) groups excluding carboxylic acids is 2. The van der Waals surface area contributed by atoms with Crippen LogP contribution >= 0.6 is 0 Å². The van der Waals surface area contributed by atoms with Crippen LogP contribution in [0.5, 0.6) is 0 Å². The van der Waals surface area contributed by atoms with Crippen LogP contribution in [0.15, 0.2) is 36.5 Å². The van der Waals surface area contributed by atoms with E-state index in [1.807, 2.05) is 0 Å². The molecule has 26 heavy (non-hydrogen) atoms. The van der Waals surface area contributed by atoms with Crippen molar-refractivity contribution >= 4 is 29.8 Å². The molecule has 0 radical (unpaired) electrons. The molecule has 134 valence electrons. The van der Waals surface area contributed by atoms with Gasteiger partial charge in [-0.3, -0.25) is 10.1 Å². The zero-order chi connectivity index (χ0) is 19.1. The third kappa shape index (κ3) is 4.50. The lowest BCUT2D eigenvalue weighted by Gasteiger charge is -2.05. The Balaban J connectivity index is 2.32. The molecule has 0 aliphatic carbocycles. The van der Waals surface area contributed by atoms with E-state index in [0.717, 1.165) is 17.8 Å². The van der Waals surface area contributed by atoms with E-state index in [1.165, 1.54) is 7.11 Å². The maximum atomic E-state index is 12.0. The third-order valence-electron chi connectivity index (χ3n) is 3.38. The SMILES string of the molecule is CCOC(=O)c1cc([N+](=O)[O-])cnc1/C=C/c1ccc(C(=O)OC)cc1. The number of hydrogen-bond donors (Lipinski definition) is 0. The second-order valence-corrected chi connectivity index (χ2v) is 5.05. The van der Waals surface area contributed by atoms with Crippen molar-refractivity contribution in [3.8, 4) is 0 Å². The van der Waals surface area contributed by atoms with Crippen molar-refractivity contribution in [3.05, 3.63) is 69.0 Å². The van der Waals surface area contributed by atoms with Gasteiger partial charge < -0.3 is 9.47 Å². The molecular formula is C18H16N2O6. The van der Waals surface area contributed by atoms with E-state index in [2.05, 4.69) is 9.72 Å². The molecule has 0 spiro atoms. The average Bonchev–Trinajstić information content (AvgIpc) is 2.66. The lowest BCUT2D eigenvalue weighted by atomic mass is 10.1. The van der Waals surface area contributed by atoms with Gasteiger partial charge in [-0.15, -0.1) is 0 Å². The molecule has 0 unspecified atom stereocenters. The van der Waals surface area contributed by atoms with Gasteiger partial charge in [-0.2, -0.15) is 0 Å². The molecular weight excluding hydrogens is 340 g/mol. The normalized spacial score (nSPS) is 10.5. The molecule has 0 saturated heterocycles. The Morgan fingerprint density at radius 1 is 1.19 bits per heavy atom. The number of pyridine rings is 1. The van der Waals surface area contributed by atoms with Gasteiger partial charge in [0.1, 0.15) is 6.20 Å². The van der Waals surface area contributed by atoms with Crippen LogP contribution in [0.25, 0.3) is 12.2 Å². The Bertz CT molecular complexity index is 858. The first-order valence-corrected chi connectivity index (χ1v) is 7.64. The molecule has 0 bridgehead atoms. The van der Waals surface area contributed by atoms with E-state index >= 15 is 0 Å². The maximum absolute atomic E-state index is 12.0. The predicted octanol–water partition coefficient (Wildman–Crippen LogP) is 3.12. The lowest BCUT2D eigenvalue weighted by molar-refractivity contribution is -0.385. The predicted molar refractivity (Wildman–Crippen MR) is 93.6 cm³/mol. The quantitative estimate of drug-likeness (QED) is 0.444. The summed E-state index contributed by atoms with van der Waals surface area (Å²) in [6.07, 6.45) is 4.28. The van der Waals surface area contributed by atoms with Crippen molar-refractivity contribution in [2.45, 2.75) is 6.92 Å². The Hall–Kier alpha value is -3.55. The fraction of sp³-hybridized carbons (Fsp3) is 0.167. The van der Waals surface area contributed by atoms with Crippen molar-refractivity contribution < 1.29 is 24.0 Å². The van der Waals surface area contributed by atoms with Gasteiger partial charge in [0.05, 0.1) is 35.5 Å². The zero-order valence-electron chi connectivity index (χ0n) is 14.2. The molecule has 0 fully saturated rings. The molecule has 2 aromatic rings. The molecule has 8 nitrogen and oxygen atoms in total. The Labute approximate surface area is 149 Å². The van der Waals surface area contributed by atoms with Crippen LogP contribution in [0, 0.1) is 10.1 Å². The minimum absolute atomic E-state index is 0.00322. The standard InChI is InChI=1S/C18H16N2O6/c1-3-26-18(22)15-10-14(20(23)24)11-19-16(15)9-6-12-4-7-13(8-5-12)17(21)25-2/h4-11H,3H2,1-2H3/b9-6+. The van der Waals surface area contributed by atoms with Crippen molar-refractivity contribution in [2.24, 2.45) is 0 Å². The van der Waals surface area contributed by atoms with Crippen molar-refractivity contribution in [2.75, 3.05) is 13.7 Å². The fourth-order valence-electron chi connectivity index (χ4n) is 2.09. The maximum Gasteiger partial charge on any atom is 0.340 e. The number of nitrogens with zero attached hydrogens (tertiary/aromatic N) is 2. The number of ether oxygens (including phenoxy) is 2. The van der Waals surface area contributed by atoms with Gasteiger partial charge >= 0.3 is 11.9 Å². The summed E-state index contributed by atoms with van der Waals surface area (Å²) >= 11 is 0. The molecule has 2 rings (SSSR count). The number of esters is 2. The zero-order valence-corrected chi connectivity index (χ0v) is 14.2. The van der Waals surface area contributed by atoms with E-state index < -0.39 is 16.9 Å². The minimum atomic E-state index is -0.690. The monoisotopic (exact) mass is 356 g/mol. The summed E-state index contributed by atoms with van der Waals surface area (Å²) in [5.41, 5.74) is 1.10. The second kappa shape index (κ2) is 8.52. The molecule has 1 heterocycles. The summed E-state index contributed by atoms with van der Waals surface area (Å²) in [6, 6.07) is 7.71. The summed E-state index contributed by atoms with van der Waals surface area (Å²) < 4.78 is 9.55. The van der Waals surface area contributed by atoms with Crippen LogP contribution in [-0.2, 0) is 9.47 Å². The van der Waals surface area contributed by atoms with E-state index in [4.69, 9.17) is 4.74 Å². The first-order valence-electron chi connectivity index (χ1n) is 7.64. The molecule has 0 saturated carbocycles. The average molecular weight is 356 g/mol. The van der Waals surface area contributed by atoms with E-state index in [1.54, 1.807) is 43.3 Å². The van der Waals surface area contributed by atoms with Crippen molar-refractivity contribution in [1.29, 1.82) is 0 Å². The van der Waals surface area contributed by atoms with Crippen molar-refractivity contribution in [1.82, 2.24) is 4.98 Å². The van der Waals surface area contributed by atoms with Crippen LogP contribution in [0.4, 0.5) is 5.69 Å². The summed E-state index contributed by atoms with van der Waals surface area (Å²) in [6.45, 7) is 1.78. The molecule has 0 N–H and O–H groups in total. The van der Waals surface area contributed by atoms with Gasteiger partial charge in [-0.25, -0.2) is 14.6 Å². The molecule has 0 amide bonds. The van der Waals surface area contributed by atoms with Gasteiger partial charge in [0.15, 0.2) is 0 Å². The number of aromatic nitrogens is 1. The summed E-state index contributed by atoms with van der Waals surface area (Å²) in [4.78, 5) is 37.7. The number of methoxy groups -OCH3 is 1. The first kappa shape index (κ1) is 18.8. The van der Waals surface area contributed by atoms with E-state index in [9.17, 15) is 19.7 Å². The highest BCUT2D eigenvalue weighted by Gasteiger charge is 2.17. The molecule has 1 aromatic heterocycles. The second-order valence-electron chi connectivity index (χ2n) is 5.05. The van der Waals surface area contributed by atoms with Gasteiger partial charge in [0.2, 0.25) is 0 Å². The highest BCUT2D eigenvalue weighted by atomic mass is 16.6. The molecule has 8 heteroatoms. The molecule has 0 aliphatic rings. The smallest absolute Gasteiger partial charge is 0.340 e. The number of nitro groups is 1. The van der Waals surface area contributed by atoms with Gasteiger partial charge in [0.25, 0.3) is 5.69 Å². The highest BCUT2D eigenvalue weighted by molar-refractivity contribution is 5.94. The number of hydrogen-bond acceptors (Lipinski definition) is 7.